The molecule has 2 aromatic carbocycles. The molecule has 0 aliphatic heterocycles. The van der Waals surface area contributed by atoms with Crippen molar-refractivity contribution >= 4 is 23.4 Å². The van der Waals surface area contributed by atoms with Gasteiger partial charge in [0.1, 0.15) is 5.84 Å². The minimum absolute atomic E-state index is 0.0287. The number of ether oxygens (including phenoxy) is 1. The molecule has 0 heterocycles. The van der Waals surface area contributed by atoms with E-state index in [9.17, 15) is 9.59 Å². The van der Waals surface area contributed by atoms with Gasteiger partial charge in [-0.2, -0.15) is 0 Å². The van der Waals surface area contributed by atoms with Crippen molar-refractivity contribution in [1.29, 1.82) is 5.41 Å². The summed E-state index contributed by atoms with van der Waals surface area (Å²) in [7, 11) is 0. The normalized spacial score (nSPS) is 15.4. The molecule has 0 bridgehead atoms. The van der Waals surface area contributed by atoms with E-state index in [0.717, 1.165) is 24.9 Å². The molecule has 1 amide bonds. The number of nitrogen functional groups attached to an aromatic ring is 1. The summed E-state index contributed by atoms with van der Waals surface area (Å²) < 4.78 is 5.06. The number of nitrogens with one attached hydrogen (secondary N) is 2. The number of hydrogen-bond acceptors (Lipinski definition) is 4. The minimum Gasteiger partial charge on any atom is -0.466 e. The number of aryl methyl sites for hydroxylation is 1. The van der Waals surface area contributed by atoms with Crippen LogP contribution in [0.25, 0.3) is 0 Å². The van der Waals surface area contributed by atoms with Crippen LogP contribution >= 0.6 is 0 Å². The first-order chi connectivity index (χ1) is 13.5. The third-order valence-electron chi connectivity index (χ3n) is 5.01. The Morgan fingerprint density at radius 3 is 2.54 bits per heavy atom. The van der Waals surface area contributed by atoms with Crippen LogP contribution in [0.5, 0.6) is 0 Å². The number of anilines is 1. The van der Waals surface area contributed by atoms with E-state index in [1.807, 2.05) is 25.1 Å². The summed E-state index contributed by atoms with van der Waals surface area (Å²) in [5.74, 6) is -0.112. The zero-order valence-electron chi connectivity index (χ0n) is 16.0. The number of carbonyl (C=O) groups excluding carboxylic acids is 2. The second-order valence-electron chi connectivity index (χ2n) is 7.05. The molecule has 1 aliphatic carbocycles. The van der Waals surface area contributed by atoms with Crippen molar-refractivity contribution in [3.63, 3.8) is 0 Å². The van der Waals surface area contributed by atoms with Crippen LogP contribution < -0.4 is 11.1 Å². The molecule has 1 atom stereocenters. The molecule has 1 aliphatic rings. The second-order valence-corrected chi connectivity index (χ2v) is 7.05. The molecule has 2 aromatic rings. The number of nitrogens with two attached hydrogens (primary N) is 1. The van der Waals surface area contributed by atoms with E-state index in [0.29, 0.717) is 24.2 Å². The smallest absolute Gasteiger partial charge is 0.306 e. The molecule has 6 heteroatoms. The number of hydrogen-bond donors (Lipinski definition) is 3. The molecule has 0 radical (unpaired) electrons. The lowest BCUT2D eigenvalue weighted by Crippen LogP contribution is -2.19. The lowest BCUT2D eigenvalue weighted by Gasteiger charge is -2.24. The average Bonchev–Trinajstić information content (AvgIpc) is 2.68. The van der Waals surface area contributed by atoms with E-state index in [2.05, 4.69) is 5.32 Å². The lowest BCUT2D eigenvalue weighted by molar-refractivity contribution is -0.144. The second kappa shape index (κ2) is 8.69. The van der Waals surface area contributed by atoms with Crippen LogP contribution in [0.3, 0.4) is 0 Å². The van der Waals surface area contributed by atoms with E-state index in [4.69, 9.17) is 15.9 Å². The third kappa shape index (κ3) is 4.76. The Balaban J connectivity index is 1.67. The van der Waals surface area contributed by atoms with Gasteiger partial charge in [0.15, 0.2) is 0 Å². The summed E-state index contributed by atoms with van der Waals surface area (Å²) in [5.41, 5.74) is 9.70. The maximum Gasteiger partial charge on any atom is 0.306 e. The average molecular weight is 379 g/mol. The van der Waals surface area contributed by atoms with E-state index in [1.165, 1.54) is 11.1 Å². The fraction of sp³-hybridized carbons (Fsp3) is 0.318. The molecule has 3 rings (SSSR count). The van der Waals surface area contributed by atoms with Crippen molar-refractivity contribution in [3.8, 4) is 0 Å². The SMILES string of the molecule is CCOC(=O)CC1CCc2ccc(NC(=O)c3ccc(C(=N)N)cc3)cc2C1. The van der Waals surface area contributed by atoms with Gasteiger partial charge in [0.2, 0.25) is 0 Å². The summed E-state index contributed by atoms with van der Waals surface area (Å²) in [6.45, 7) is 2.22. The van der Waals surface area contributed by atoms with Gasteiger partial charge in [-0.25, -0.2) is 0 Å². The van der Waals surface area contributed by atoms with E-state index in [1.54, 1.807) is 24.3 Å². The summed E-state index contributed by atoms with van der Waals surface area (Å²) in [4.78, 5) is 24.2. The van der Waals surface area contributed by atoms with Gasteiger partial charge in [0.25, 0.3) is 5.91 Å². The highest BCUT2D eigenvalue weighted by molar-refractivity contribution is 6.05. The van der Waals surface area contributed by atoms with Crippen LogP contribution in [0, 0.1) is 11.3 Å². The number of benzene rings is 2. The van der Waals surface area contributed by atoms with Crippen LogP contribution in [0.15, 0.2) is 42.5 Å². The Morgan fingerprint density at radius 2 is 1.86 bits per heavy atom. The van der Waals surface area contributed by atoms with E-state index in [-0.39, 0.29) is 23.6 Å². The van der Waals surface area contributed by atoms with Gasteiger partial charge in [0, 0.05) is 23.2 Å². The molecule has 0 aromatic heterocycles. The molecule has 1 unspecified atom stereocenters. The van der Waals surface area contributed by atoms with Gasteiger partial charge in [-0.3, -0.25) is 15.0 Å². The molecule has 28 heavy (non-hydrogen) atoms. The first kappa shape index (κ1) is 19.6. The maximum absolute atomic E-state index is 12.5. The number of rotatable bonds is 6. The Kier molecular flexibility index (Phi) is 6.09. The molecule has 4 N–H and O–H groups in total. The maximum atomic E-state index is 12.5. The van der Waals surface area contributed by atoms with Gasteiger partial charge in [-0.15, -0.1) is 0 Å². The fourth-order valence-corrected chi connectivity index (χ4v) is 3.54. The summed E-state index contributed by atoms with van der Waals surface area (Å²) in [6, 6.07) is 12.6. The third-order valence-corrected chi connectivity index (χ3v) is 5.01. The van der Waals surface area contributed by atoms with E-state index < -0.39 is 0 Å². The van der Waals surface area contributed by atoms with Crippen molar-refractivity contribution < 1.29 is 14.3 Å². The van der Waals surface area contributed by atoms with Crippen molar-refractivity contribution in [2.75, 3.05) is 11.9 Å². The molecule has 0 saturated carbocycles. The van der Waals surface area contributed by atoms with Crippen LogP contribution in [-0.4, -0.2) is 24.3 Å². The largest absolute Gasteiger partial charge is 0.466 e. The van der Waals surface area contributed by atoms with Crippen molar-refractivity contribution in [3.05, 3.63) is 64.7 Å². The Hall–Kier alpha value is -3.15. The van der Waals surface area contributed by atoms with Crippen LogP contribution in [0.2, 0.25) is 0 Å². The lowest BCUT2D eigenvalue weighted by atomic mass is 9.82. The highest BCUT2D eigenvalue weighted by atomic mass is 16.5. The van der Waals surface area contributed by atoms with Gasteiger partial charge in [0.05, 0.1) is 6.61 Å². The van der Waals surface area contributed by atoms with Gasteiger partial charge in [-0.05, 0) is 67.5 Å². The number of fused-ring (bicyclic) bond motifs is 1. The Morgan fingerprint density at radius 1 is 1.14 bits per heavy atom. The molecule has 0 spiro atoms. The molecular weight excluding hydrogens is 354 g/mol. The first-order valence-electron chi connectivity index (χ1n) is 9.49. The molecule has 0 saturated heterocycles. The minimum atomic E-state index is -0.214. The van der Waals surface area contributed by atoms with Crippen molar-refractivity contribution in [1.82, 2.24) is 0 Å². The summed E-state index contributed by atoms with van der Waals surface area (Å²) in [5, 5.41) is 10.3. The Bertz CT molecular complexity index is 890. The van der Waals surface area contributed by atoms with E-state index >= 15 is 0 Å². The highest BCUT2D eigenvalue weighted by Crippen LogP contribution is 2.30. The first-order valence-corrected chi connectivity index (χ1v) is 9.49. The quantitative estimate of drug-likeness (QED) is 0.407. The predicted octanol–water partition coefficient (Wildman–Crippen LogP) is 3.28. The predicted molar refractivity (Wildman–Crippen MR) is 109 cm³/mol. The molecular formula is C22H25N3O3. The fourth-order valence-electron chi connectivity index (χ4n) is 3.54. The standard InChI is InChI=1S/C22H25N3O3/c1-2-28-20(26)12-14-3-4-15-9-10-19(13-18(15)11-14)25-22(27)17-7-5-16(6-8-17)21(23)24/h5-10,13-14H,2-4,11-12H2,1H3,(H3,23,24)(H,25,27). The van der Waals surface area contributed by atoms with Gasteiger partial charge >= 0.3 is 5.97 Å². The number of carbonyl (C=O) groups is 2. The molecule has 6 nitrogen and oxygen atoms in total. The summed E-state index contributed by atoms with van der Waals surface area (Å²) >= 11 is 0. The monoisotopic (exact) mass is 379 g/mol. The summed E-state index contributed by atoms with van der Waals surface area (Å²) in [6.07, 6.45) is 3.15. The van der Waals surface area contributed by atoms with Crippen molar-refractivity contribution in [2.45, 2.75) is 32.6 Å². The topological polar surface area (TPSA) is 105 Å². The van der Waals surface area contributed by atoms with Crippen LogP contribution in [0.1, 0.15) is 46.8 Å². The molecule has 0 fully saturated rings. The van der Waals surface area contributed by atoms with Gasteiger partial charge < -0.3 is 15.8 Å². The molecule has 146 valence electrons. The zero-order chi connectivity index (χ0) is 20.1. The van der Waals surface area contributed by atoms with Crippen LogP contribution in [0.4, 0.5) is 5.69 Å². The highest BCUT2D eigenvalue weighted by Gasteiger charge is 2.22. The van der Waals surface area contributed by atoms with Crippen molar-refractivity contribution in [2.24, 2.45) is 11.7 Å². The Labute approximate surface area is 164 Å². The number of esters is 1. The number of amides is 1. The number of amidine groups is 1. The van der Waals surface area contributed by atoms with Gasteiger partial charge in [-0.1, -0.05) is 18.2 Å². The zero-order valence-corrected chi connectivity index (χ0v) is 16.0. The van der Waals surface area contributed by atoms with Crippen LogP contribution in [-0.2, 0) is 22.4 Å².